The monoisotopic (exact) mass is 212 g/mol. The standard InChI is InChI=1S/C11H16O4/c1-11(2)6-7(9(12)10(13)14)4-5-8(11)15-3/h4-5,9,12H,6H2,1-3H3,(H,13,14). The molecule has 0 aliphatic heterocycles. The van der Waals surface area contributed by atoms with Crippen molar-refractivity contribution in [2.24, 2.45) is 5.41 Å². The lowest BCUT2D eigenvalue weighted by Gasteiger charge is -2.31. The van der Waals surface area contributed by atoms with Crippen molar-refractivity contribution in [2.75, 3.05) is 7.11 Å². The summed E-state index contributed by atoms with van der Waals surface area (Å²) in [6.45, 7) is 3.90. The van der Waals surface area contributed by atoms with Gasteiger partial charge in [-0.25, -0.2) is 4.79 Å². The van der Waals surface area contributed by atoms with Gasteiger partial charge in [0.1, 0.15) is 5.76 Å². The van der Waals surface area contributed by atoms with Crippen LogP contribution in [0.25, 0.3) is 0 Å². The Morgan fingerprint density at radius 2 is 2.13 bits per heavy atom. The Labute approximate surface area is 88.9 Å². The number of rotatable bonds is 3. The van der Waals surface area contributed by atoms with Crippen molar-refractivity contribution in [3.05, 3.63) is 23.5 Å². The van der Waals surface area contributed by atoms with Crippen LogP contribution in [0.15, 0.2) is 23.5 Å². The van der Waals surface area contributed by atoms with Crippen molar-refractivity contribution < 1.29 is 19.7 Å². The van der Waals surface area contributed by atoms with Crippen molar-refractivity contribution >= 4 is 5.97 Å². The fraction of sp³-hybridized carbons (Fsp3) is 0.545. The minimum absolute atomic E-state index is 0.269. The summed E-state index contributed by atoms with van der Waals surface area (Å²) in [6.07, 6.45) is 2.40. The van der Waals surface area contributed by atoms with Crippen LogP contribution in [0, 0.1) is 5.41 Å². The second-order valence-electron chi connectivity index (χ2n) is 4.28. The minimum Gasteiger partial charge on any atom is -0.501 e. The summed E-state index contributed by atoms with van der Waals surface area (Å²) < 4.78 is 5.18. The van der Waals surface area contributed by atoms with Crippen molar-refractivity contribution in [1.29, 1.82) is 0 Å². The summed E-state index contributed by atoms with van der Waals surface area (Å²) >= 11 is 0. The molecule has 0 heterocycles. The Hall–Kier alpha value is -1.29. The number of carbonyl (C=O) groups is 1. The Morgan fingerprint density at radius 1 is 1.53 bits per heavy atom. The van der Waals surface area contributed by atoms with Crippen molar-refractivity contribution in [1.82, 2.24) is 0 Å². The molecule has 1 rings (SSSR count). The number of hydrogen-bond acceptors (Lipinski definition) is 3. The van der Waals surface area contributed by atoms with E-state index in [2.05, 4.69) is 0 Å². The van der Waals surface area contributed by atoms with Gasteiger partial charge in [0.15, 0.2) is 6.10 Å². The highest BCUT2D eigenvalue weighted by Gasteiger charge is 2.32. The number of methoxy groups -OCH3 is 1. The first-order valence-electron chi connectivity index (χ1n) is 4.74. The molecule has 1 unspecified atom stereocenters. The van der Waals surface area contributed by atoms with Crippen LogP contribution in [-0.2, 0) is 9.53 Å². The molecule has 0 aromatic carbocycles. The molecule has 1 atom stereocenters. The van der Waals surface area contributed by atoms with Crippen LogP contribution in [-0.4, -0.2) is 29.4 Å². The predicted octanol–water partition coefficient (Wildman–Crippen LogP) is 1.32. The number of carboxylic acids is 1. The van der Waals surface area contributed by atoms with Crippen LogP contribution in [0.5, 0.6) is 0 Å². The highest BCUT2D eigenvalue weighted by Crippen LogP contribution is 2.38. The van der Waals surface area contributed by atoms with Gasteiger partial charge in [0.05, 0.1) is 7.11 Å². The third-order valence-electron chi connectivity index (χ3n) is 2.57. The molecule has 84 valence electrons. The van der Waals surface area contributed by atoms with Crippen LogP contribution in [0.4, 0.5) is 0 Å². The zero-order valence-corrected chi connectivity index (χ0v) is 9.15. The first-order chi connectivity index (χ1) is 6.88. The molecule has 0 aromatic heterocycles. The lowest BCUT2D eigenvalue weighted by atomic mass is 9.78. The zero-order valence-electron chi connectivity index (χ0n) is 9.15. The van der Waals surface area contributed by atoms with Gasteiger partial charge in [-0.3, -0.25) is 0 Å². The van der Waals surface area contributed by atoms with E-state index < -0.39 is 12.1 Å². The third kappa shape index (κ3) is 2.39. The lowest BCUT2D eigenvalue weighted by Crippen LogP contribution is -2.28. The van der Waals surface area contributed by atoms with Crippen LogP contribution in [0.1, 0.15) is 20.3 Å². The van der Waals surface area contributed by atoms with E-state index in [0.717, 1.165) is 5.76 Å². The summed E-state index contributed by atoms with van der Waals surface area (Å²) in [5.74, 6) is -0.421. The maximum Gasteiger partial charge on any atom is 0.336 e. The number of hydrogen-bond donors (Lipinski definition) is 2. The molecule has 4 nitrogen and oxygen atoms in total. The molecule has 0 bridgehead atoms. The average Bonchev–Trinajstić information content (AvgIpc) is 2.15. The van der Waals surface area contributed by atoms with E-state index in [0.29, 0.717) is 12.0 Å². The van der Waals surface area contributed by atoms with Crippen LogP contribution in [0.2, 0.25) is 0 Å². The Kier molecular flexibility index (Phi) is 3.19. The molecule has 4 heteroatoms. The maximum absolute atomic E-state index is 10.6. The summed E-state index contributed by atoms with van der Waals surface area (Å²) in [4.78, 5) is 10.6. The van der Waals surface area contributed by atoms with Gasteiger partial charge in [-0.2, -0.15) is 0 Å². The van der Waals surface area contributed by atoms with Gasteiger partial charge in [-0.05, 0) is 18.1 Å². The normalized spacial score (nSPS) is 21.3. The first kappa shape index (κ1) is 11.8. The topological polar surface area (TPSA) is 66.8 Å². The van der Waals surface area contributed by atoms with E-state index in [4.69, 9.17) is 9.84 Å². The van der Waals surface area contributed by atoms with E-state index in [-0.39, 0.29) is 5.41 Å². The quantitative estimate of drug-likeness (QED) is 0.740. The van der Waals surface area contributed by atoms with Gasteiger partial charge in [-0.1, -0.05) is 19.9 Å². The van der Waals surface area contributed by atoms with Gasteiger partial charge in [-0.15, -0.1) is 0 Å². The molecule has 0 spiro atoms. The zero-order chi connectivity index (χ0) is 11.6. The fourth-order valence-electron chi connectivity index (χ4n) is 1.76. The van der Waals surface area contributed by atoms with Crippen molar-refractivity contribution in [3.8, 4) is 0 Å². The smallest absolute Gasteiger partial charge is 0.336 e. The number of aliphatic hydroxyl groups excluding tert-OH is 1. The second kappa shape index (κ2) is 4.06. The van der Waals surface area contributed by atoms with Gasteiger partial charge in [0.2, 0.25) is 0 Å². The largest absolute Gasteiger partial charge is 0.501 e. The molecule has 1 aliphatic rings. The van der Waals surface area contributed by atoms with Gasteiger partial charge >= 0.3 is 5.97 Å². The number of carboxylic acid groups (broad SMARTS) is 1. The number of allylic oxidation sites excluding steroid dienone is 3. The van der Waals surface area contributed by atoms with E-state index >= 15 is 0 Å². The highest BCUT2D eigenvalue weighted by atomic mass is 16.5. The van der Waals surface area contributed by atoms with Crippen LogP contribution in [0.3, 0.4) is 0 Å². The summed E-state index contributed by atoms with van der Waals surface area (Å²) in [5, 5.41) is 18.1. The summed E-state index contributed by atoms with van der Waals surface area (Å²) in [6, 6.07) is 0. The van der Waals surface area contributed by atoms with Gasteiger partial charge < -0.3 is 14.9 Å². The van der Waals surface area contributed by atoms with E-state index in [1.807, 2.05) is 13.8 Å². The number of aliphatic carboxylic acids is 1. The minimum atomic E-state index is -1.42. The third-order valence-corrected chi connectivity index (χ3v) is 2.57. The van der Waals surface area contributed by atoms with Crippen molar-refractivity contribution in [2.45, 2.75) is 26.4 Å². The number of ether oxygens (including phenoxy) is 1. The molecular formula is C11H16O4. The van der Waals surface area contributed by atoms with Crippen LogP contribution < -0.4 is 0 Å². The van der Waals surface area contributed by atoms with Crippen LogP contribution >= 0.6 is 0 Å². The van der Waals surface area contributed by atoms with Crippen molar-refractivity contribution in [3.63, 3.8) is 0 Å². The molecular weight excluding hydrogens is 196 g/mol. The van der Waals surface area contributed by atoms with E-state index in [1.54, 1.807) is 19.3 Å². The molecule has 0 amide bonds. The van der Waals surface area contributed by atoms with E-state index in [1.165, 1.54) is 0 Å². The fourth-order valence-corrected chi connectivity index (χ4v) is 1.76. The SMILES string of the molecule is COC1=CC=C(C(O)C(=O)O)CC1(C)C. The molecule has 0 fully saturated rings. The molecule has 1 aliphatic carbocycles. The molecule has 0 aromatic rings. The average molecular weight is 212 g/mol. The predicted molar refractivity (Wildman–Crippen MR) is 55.2 cm³/mol. The first-order valence-corrected chi connectivity index (χ1v) is 4.74. The Morgan fingerprint density at radius 3 is 2.53 bits per heavy atom. The Bertz CT molecular complexity index is 325. The molecule has 0 radical (unpaired) electrons. The summed E-state index contributed by atoms with van der Waals surface area (Å²) in [5.41, 5.74) is 0.239. The lowest BCUT2D eigenvalue weighted by molar-refractivity contribution is -0.144. The van der Waals surface area contributed by atoms with Gasteiger partial charge in [0.25, 0.3) is 0 Å². The molecule has 0 saturated heterocycles. The molecule has 2 N–H and O–H groups in total. The van der Waals surface area contributed by atoms with Gasteiger partial charge in [0, 0.05) is 5.41 Å². The Balaban J connectivity index is 2.94. The maximum atomic E-state index is 10.6. The summed E-state index contributed by atoms with van der Waals surface area (Å²) in [7, 11) is 1.58. The van der Waals surface area contributed by atoms with E-state index in [9.17, 15) is 9.90 Å². The number of aliphatic hydroxyl groups is 1. The molecule has 15 heavy (non-hydrogen) atoms. The second-order valence-corrected chi connectivity index (χ2v) is 4.28. The molecule has 0 saturated carbocycles. The highest BCUT2D eigenvalue weighted by molar-refractivity contribution is 5.76.